The molecule has 0 aliphatic heterocycles. The molecule has 6 heteroatoms. The lowest BCUT2D eigenvalue weighted by atomic mass is 10.2. The second kappa shape index (κ2) is 7.02. The van der Waals surface area contributed by atoms with E-state index in [1.807, 2.05) is 24.3 Å². The minimum Gasteiger partial charge on any atom is -0.508 e. The van der Waals surface area contributed by atoms with Gasteiger partial charge < -0.3 is 15.3 Å². The first-order chi connectivity index (χ1) is 11.6. The molecule has 0 radical (unpaired) electrons. The third kappa shape index (κ3) is 3.83. The Hall–Kier alpha value is -3.05. The topological polar surface area (TPSA) is 84.1 Å². The quantitative estimate of drug-likeness (QED) is 0.427. The summed E-state index contributed by atoms with van der Waals surface area (Å²) in [4.78, 5) is 0. The lowest BCUT2D eigenvalue weighted by molar-refractivity contribution is 0.475. The van der Waals surface area contributed by atoms with E-state index in [2.05, 4.69) is 10.2 Å². The van der Waals surface area contributed by atoms with Gasteiger partial charge in [-0.05, 0) is 48.5 Å². The van der Waals surface area contributed by atoms with Crippen LogP contribution in [0.1, 0.15) is 11.3 Å². The zero-order valence-corrected chi connectivity index (χ0v) is 13.3. The third-order valence-electron chi connectivity index (χ3n) is 3.25. The smallest absolute Gasteiger partial charge is 0.153 e. The van der Waals surface area contributed by atoms with Gasteiger partial charge >= 0.3 is 0 Å². The molecule has 1 heterocycles. The maximum atomic E-state index is 9.25. The molecular weight excluding hydrogens is 326 g/mol. The number of hydrogen-bond donors (Lipinski definition) is 2. The average molecular weight is 340 g/mol. The van der Waals surface area contributed by atoms with E-state index in [1.54, 1.807) is 24.3 Å². The van der Waals surface area contributed by atoms with Crippen LogP contribution in [0.3, 0.4) is 0 Å². The number of phenols is 1. The summed E-state index contributed by atoms with van der Waals surface area (Å²) in [6.45, 7) is 0. The first kappa shape index (κ1) is 15.8. The highest BCUT2D eigenvalue weighted by molar-refractivity contribution is 6.30. The fourth-order valence-corrected chi connectivity index (χ4v) is 2.25. The van der Waals surface area contributed by atoms with Crippen LogP contribution in [0.15, 0.2) is 75.3 Å². The SMILES string of the molecule is NC(=NN=Cc1ccc(-c2cccc(Cl)c2)o1)c1ccc(O)cc1. The van der Waals surface area contributed by atoms with Crippen LogP contribution in [0.5, 0.6) is 5.75 Å². The summed E-state index contributed by atoms with van der Waals surface area (Å²) in [5, 5.41) is 17.7. The number of benzene rings is 2. The Kier molecular flexibility index (Phi) is 4.63. The van der Waals surface area contributed by atoms with Crippen LogP contribution in [0.25, 0.3) is 11.3 Å². The lowest BCUT2D eigenvalue weighted by Gasteiger charge is -1.98. The van der Waals surface area contributed by atoms with Crippen molar-refractivity contribution < 1.29 is 9.52 Å². The summed E-state index contributed by atoms with van der Waals surface area (Å²) >= 11 is 5.97. The zero-order chi connectivity index (χ0) is 16.9. The molecule has 5 nitrogen and oxygen atoms in total. The van der Waals surface area contributed by atoms with Gasteiger partial charge in [-0.1, -0.05) is 23.7 Å². The molecule has 0 amide bonds. The van der Waals surface area contributed by atoms with Crippen molar-refractivity contribution >= 4 is 23.7 Å². The Morgan fingerprint density at radius 2 is 1.88 bits per heavy atom. The van der Waals surface area contributed by atoms with Gasteiger partial charge in [-0.3, -0.25) is 0 Å². The highest BCUT2D eigenvalue weighted by atomic mass is 35.5. The van der Waals surface area contributed by atoms with E-state index in [1.165, 1.54) is 18.3 Å². The maximum Gasteiger partial charge on any atom is 0.153 e. The first-order valence-corrected chi connectivity index (χ1v) is 7.51. The molecule has 24 heavy (non-hydrogen) atoms. The summed E-state index contributed by atoms with van der Waals surface area (Å²) in [5.74, 6) is 1.65. The standard InChI is InChI=1S/C18H14ClN3O2/c19-14-3-1-2-13(10-14)17-9-8-16(24-17)11-21-22-18(20)12-4-6-15(23)7-5-12/h1-11,23H,(H2,20,22). The van der Waals surface area contributed by atoms with Crippen LogP contribution >= 0.6 is 11.6 Å². The van der Waals surface area contributed by atoms with Crippen molar-refractivity contribution in [2.45, 2.75) is 0 Å². The molecule has 2 aromatic carbocycles. The summed E-state index contributed by atoms with van der Waals surface area (Å²) < 4.78 is 5.68. The van der Waals surface area contributed by atoms with Crippen molar-refractivity contribution in [3.63, 3.8) is 0 Å². The number of aromatic hydroxyl groups is 1. The van der Waals surface area contributed by atoms with E-state index < -0.39 is 0 Å². The molecule has 0 bridgehead atoms. The van der Waals surface area contributed by atoms with E-state index in [0.717, 1.165) is 5.56 Å². The van der Waals surface area contributed by atoms with Gasteiger partial charge in [-0.2, -0.15) is 5.10 Å². The first-order valence-electron chi connectivity index (χ1n) is 7.13. The minimum absolute atomic E-state index is 0.166. The second-order valence-electron chi connectivity index (χ2n) is 4.99. The van der Waals surface area contributed by atoms with Gasteiger partial charge in [-0.15, -0.1) is 5.10 Å². The van der Waals surface area contributed by atoms with E-state index >= 15 is 0 Å². The van der Waals surface area contributed by atoms with E-state index in [-0.39, 0.29) is 11.6 Å². The highest BCUT2D eigenvalue weighted by Crippen LogP contribution is 2.24. The van der Waals surface area contributed by atoms with Crippen molar-refractivity contribution in [3.8, 4) is 17.1 Å². The summed E-state index contributed by atoms with van der Waals surface area (Å²) in [6.07, 6.45) is 1.47. The molecule has 3 N–H and O–H groups in total. The number of halogens is 1. The largest absolute Gasteiger partial charge is 0.508 e. The summed E-state index contributed by atoms with van der Waals surface area (Å²) in [6, 6.07) is 17.4. The monoisotopic (exact) mass is 339 g/mol. The Labute approximate surface area is 143 Å². The minimum atomic E-state index is 0.166. The van der Waals surface area contributed by atoms with Crippen LogP contribution in [0.4, 0.5) is 0 Å². The van der Waals surface area contributed by atoms with Gasteiger partial charge in [0.1, 0.15) is 17.3 Å². The van der Waals surface area contributed by atoms with Crippen molar-refractivity contribution in [1.82, 2.24) is 0 Å². The zero-order valence-electron chi connectivity index (χ0n) is 12.6. The molecule has 0 atom stereocenters. The van der Waals surface area contributed by atoms with E-state index in [4.69, 9.17) is 21.8 Å². The van der Waals surface area contributed by atoms with Gasteiger partial charge in [0.05, 0.1) is 6.21 Å². The van der Waals surface area contributed by atoms with Crippen molar-refractivity contribution in [3.05, 3.63) is 77.0 Å². The molecule has 0 fully saturated rings. The number of furan rings is 1. The van der Waals surface area contributed by atoms with Crippen LogP contribution < -0.4 is 5.73 Å². The maximum absolute atomic E-state index is 9.25. The molecule has 3 rings (SSSR count). The molecule has 0 aliphatic carbocycles. The Morgan fingerprint density at radius 1 is 1.08 bits per heavy atom. The highest BCUT2D eigenvalue weighted by Gasteiger charge is 2.04. The third-order valence-corrected chi connectivity index (χ3v) is 3.48. The lowest BCUT2D eigenvalue weighted by Crippen LogP contribution is -2.12. The van der Waals surface area contributed by atoms with Gasteiger partial charge in [0, 0.05) is 16.1 Å². The second-order valence-corrected chi connectivity index (χ2v) is 5.43. The molecule has 0 spiro atoms. The molecule has 0 unspecified atom stereocenters. The van der Waals surface area contributed by atoms with E-state index in [0.29, 0.717) is 22.1 Å². The molecule has 3 aromatic rings. The van der Waals surface area contributed by atoms with Crippen molar-refractivity contribution in [2.24, 2.45) is 15.9 Å². The Bertz CT molecular complexity index is 899. The van der Waals surface area contributed by atoms with Crippen molar-refractivity contribution in [1.29, 1.82) is 0 Å². The van der Waals surface area contributed by atoms with Gasteiger partial charge in [0.2, 0.25) is 0 Å². The Morgan fingerprint density at radius 3 is 2.62 bits per heavy atom. The molecule has 0 aliphatic rings. The molecule has 0 saturated carbocycles. The number of hydrogen-bond acceptors (Lipinski definition) is 4. The molecule has 1 aromatic heterocycles. The number of phenolic OH excluding ortho intramolecular Hbond substituents is 1. The van der Waals surface area contributed by atoms with Gasteiger partial charge in [0.15, 0.2) is 5.84 Å². The number of rotatable bonds is 4. The van der Waals surface area contributed by atoms with Crippen LogP contribution in [-0.2, 0) is 0 Å². The van der Waals surface area contributed by atoms with Gasteiger partial charge in [-0.25, -0.2) is 0 Å². The summed E-state index contributed by atoms with van der Waals surface area (Å²) in [7, 11) is 0. The molecule has 0 saturated heterocycles. The normalized spacial score (nSPS) is 12.0. The average Bonchev–Trinajstić information content (AvgIpc) is 3.04. The van der Waals surface area contributed by atoms with Crippen LogP contribution in [0, 0.1) is 0 Å². The van der Waals surface area contributed by atoms with Gasteiger partial charge in [0.25, 0.3) is 0 Å². The fourth-order valence-electron chi connectivity index (χ4n) is 2.06. The number of nitrogens with two attached hydrogens (primary N) is 1. The van der Waals surface area contributed by atoms with Crippen LogP contribution in [-0.4, -0.2) is 17.2 Å². The molecule has 120 valence electrons. The number of nitrogens with zero attached hydrogens (tertiary/aromatic N) is 2. The number of amidine groups is 1. The molecular formula is C18H14ClN3O2. The predicted octanol–water partition coefficient (Wildman–Crippen LogP) is 4.05. The fraction of sp³-hybridized carbons (Fsp3) is 0. The van der Waals surface area contributed by atoms with Crippen molar-refractivity contribution in [2.75, 3.05) is 0 Å². The Balaban J connectivity index is 1.73. The summed E-state index contributed by atoms with van der Waals surface area (Å²) in [5.41, 5.74) is 7.39. The van der Waals surface area contributed by atoms with E-state index in [9.17, 15) is 5.11 Å². The van der Waals surface area contributed by atoms with Crippen LogP contribution in [0.2, 0.25) is 5.02 Å². The predicted molar refractivity (Wildman–Crippen MR) is 95.6 cm³/mol.